The third kappa shape index (κ3) is 3.90. The number of H-pyrrole nitrogens is 2. The molecule has 0 unspecified atom stereocenters. The van der Waals surface area contributed by atoms with Crippen molar-refractivity contribution in [3.05, 3.63) is 102 Å². The van der Waals surface area contributed by atoms with Crippen LogP contribution in [0.15, 0.2) is 85.2 Å². The van der Waals surface area contributed by atoms with E-state index in [1.54, 1.807) is 12.1 Å². The summed E-state index contributed by atoms with van der Waals surface area (Å²) in [6.07, 6.45) is 4.16. The number of aromatic nitrogens is 2. The van der Waals surface area contributed by atoms with Crippen LogP contribution in [-0.2, 0) is 0 Å². The molecule has 0 amide bonds. The monoisotopic (exact) mass is 428 g/mol. The van der Waals surface area contributed by atoms with Gasteiger partial charge < -0.3 is 20.6 Å². The van der Waals surface area contributed by atoms with Gasteiger partial charge in [-0.25, -0.2) is 4.39 Å². The van der Waals surface area contributed by atoms with Crippen molar-refractivity contribution >= 4 is 44.8 Å². The van der Waals surface area contributed by atoms with Gasteiger partial charge in [0.25, 0.3) is 0 Å². The molecule has 0 saturated heterocycles. The zero-order valence-corrected chi connectivity index (χ0v) is 17.5. The highest BCUT2D eigenvalue weighted by atomic mass is 32.1. The highest BCUT2D eigenvalue weighted by Crippen LogP contribution is 2.34. The predicted molar refractivity (Wildman–Crippen MR) is 129 cm³/mol. The Balaban J connectivity index is 1.46. The molecule has 0 fully saturated rings. The van der Waals surface area contributed by atoms with Gasteiger partial charge in [-0.3, -0.25) is 0 Å². The first-order chi connectivity index (χ1) is 15.2. The van der Waals surface area contributed by atoms with E-state index in [4.69, 9.17) is 12.2 Å². The number of para-hydroxylation sites is 2. The first-order valence-corrected chi connectivity index (χ1v) is 10.5. The van der Waals surface area contributed by atoms with Gasteiger partial charge in [0.15, 0.2) is 5.11 Å². The van der Waals surface area contributed by atoms with Gasteiger partial charge in [-0.2, -0.15) is 0 Å². The van der Waals surface area contributed by atoms with Crippen LogP contribution in [0.3, 0.4) is 0 Å². The van der Waals surface area contributed by atoms with E-state index in [0.717, 1.165) is 16.7 Å². The molecule has 2 heterocycles. The molecule has 0 bridgehead atoms. The number of halogens is 1. The third-order valence-corrected chi connectivity index (χ3v) is 5.81. The normalized spacial score (nSPS) is 11.3. The molecule has 0 saturated carbocycles. The number of fused-ring (bicyclic) bond motifs is 2. The maximum Gasteiger partial charge on any atom is 0.170 e. The van der Waals surface area contributed by atoms with Crippen LogP contribution in [-0.4, -0.2) is 21.6 Å². The van der Waals surface area contributed by atoms with Crippen molar-refractivity contribution in [3.8, 4) is 0 Å². The molecule has 4 N–H and O–H groups in total. The predicted octanol–water partition coefficient (Wildman–Crippen LogP) is 5.91. The minimum Gasteiger partial charge on any atom is -0.361 e. The molecule has 0 radical (unpaired) electrons. The van der Waals surface area contributed by atoms with Crippen LogP contribution in [0.25, 0.3) is 21.8 Å². The number of aromatic amines is 2. The number of thiocarbonyl (C=S) groups is 1. The summed E-state index contributed by atoms with van der Waals surface area (Å²) in [7, 11) is 0. The first kappa shape index (κ1) is 19.3. The van der Waals surface area contributed by atoms with Gasteiger partial charge >= 0.3 is 0 Å². The molecule has 0 aliphatic heterocycles. The summed E-state index contributed by atoms with van der Waals surface area (Å²) >= 11 is 5.51. The Morgan fingerprint density at radius 1 is 0.806 bits per heavy atom. The third-order valence-electron chi connectivity index (χ3n) is 5.56. The second-order valence-electron chi connectivity index (χ2n) is 7.47. The summed E-state index contributed by atoms with van der Waals surface area (Å²) < 4.78 is 13.2. The van der Waals surface area contributed by atoms with Crippen molar-refractivity contribution in [2.45, 2.75) is 5.92 Å². The fourth-order valence-corrected chi connectivity index (χ4v) is 4.26. The van der Waals surface area contributed by atoms with Crippen LogP contribution in [0.1, 0.15) is 17.0 Å². The zero-order valence-electron chi connectivity index (χ0n) is 16.7. The van der Waals surface area contributed by atoms with Crippen LogP contribution < -0.4 is 10.6 Å². The summed E-state index contributed by atoms with van der Waals surface area (Å²) in [6.45, 7) is 0.608. The Morgan fingerprint density at radius 2 is 1.35 bits per heavy atom. The van der Waals surface area contributed by atoms with Crippen LogP contribution in [0.2, 0.25) is 0 Å². The van der Waals surface area contributed by atoms with E-state index in [2.05, 4.69) is 69.4 Å². The minimum atomic E-state index is -0.275. The van der Waals surface area contributed by atoms with Gasteiger partial charge in [-0.05, 0) is 59.7 Å². The van der Waals surface area contributed by atoms with E-state index in [9.17, 15) is 4.39 Å². The standard InChI is InChI=1S/C25H21FN4S/c26-16-9-11-17(12-10-16)30-25(31)29-15-22(20-13-27-23-7-3-1-5-18(20)23)21-14-28-24-8-4-2-6-19(21)24/h1-14,22,27-28H,15H2,(H2,29,30,31). The topological polar surface area (TPSA) is 55.6 Å². The van der Waals surface area contributed by atoms with Crippen LogP contribution >= 0.6 is 12.2 Å². The molecule has 31 heavy (non-hydrogen) atoms. The maximum atomic E-state index is 13.2. The maximum absolute atomic E-state index is 13.2. The number of rotatable bonds is 5. The zero-order chi connectivity index (χ0) is 21.2. The molecule has 2 aromatic heterocycles. The van der Waals surface area contributed by atoms with E-state index < -0.39 is 0 Å². The number of benzene rings is 3. The van der Waals surface area contributed by atoms with Crippen molar-refractivity contribution in [1.29, 1.82) is 0 Å². The quantitative estimate of drug-likeness (QED) is 0.263. The lowest BCUT2D eigenvalue weighted by molar-refractivity contribution is 0.628. The second-order valence-corrected chi connectivity index (χ2v) is 7.88. The molecule has 4 nitrogen and oxygen atoms in total. The average molecular weight is 429 g/mol. The van der Waals surface area contributed by atoms with Crippen LogP contribution in [0.4, 0.5) is 10.1 Å². The van der Waals surface area contributed by atoms with Gasteiger partial charge in [0.05, 0.1) is 0 Å². The van der Waals surface area contributed by atoms with Gasteiger partial charge in [0.1, 0.15) is 5.82 Å². The lowest BCUT2D eigenvalue weighted by atomic mass is 9.90. The molecule has 3 aromatic carbocycles. The largest absolute Gasteiger partial charge is 0.361 e. The van der Waals surface area contributed by atoms with Gasteiger partial charge in [-0.15, -0.1) is 0 Å². The summed E-state index contributed by atoms with van der Waals surface area (Å²) in [5.74, 6) is -0.205. The average Bonchev–Trinajstić information content (AvgIpc) is 3.41. The Labute approximate surface area is 184 Å². The molecule has 5 aromatic rings. The fourth-order valence-electron chi connectivity index (χ4n) is 4.06. The van der Waals surface area contributed by atoms with Crippen molar-refractivity contribution in [2.24, 2.45) is 0 Å². The molecule has 0 spiro atoms. The van der Waals surface area contributed by atoms with E-state index in [1.807, 2.05) is 12.1 Å². The van der Waals surface area contributed by atoms with Crippen molar-refractivity contribution < 1.29 is 4.39 Å². The number of hydrogen-bond acceptors (Lipinski definition) is 1. The Bertz CT molecular complexity index is 1280. The van der Waals surface area contributed by atoms with E-state index in [-0.39, 0.29) is 11.7 Å². The minimum absolute atomic E-state index is 0.0697. The van der Waals surface area contributed by atoms with Crippen molar-refractivity contribution in [2.75, 3.05) is 11.9 Å². The Morgan fingerprint density at radius 3 is 1.94 bits per heavy atom. The Hall–Kier alpha value is -3.64. The SMILES string of the molecule is Fc1ccc(NC(=S)NCC(c2c[nH]c3ccccc23)c2c[nH]c3ccccc23)cc1. The second kappa shape index (κ2) is 8.24. The molecule has 6 heteroatoms. The molecular weight excluding hydrogens is 407 g/mol. The van der Waals surface area contributed by atoms with Gasteiger partial charge in [0, 0.05) is 52.3 Å². The van der Waals surface area contributed by atoms with Crippen molar-refractivity contribution in [3.63, 3.8) is 0 Å². The molecule has 154 valence electrons. The lowest BCUT2D eigenvalue weighted by Crippen LogP contribution is -2.32. The van der Waals surface area contributed by atoms with Crippen LogP contribution in [0.5, 0.6) is 0 Å². The summed E-state index contributed by atoms with van der Waals surface area (Å²) in [5.41, 5.74) is 5.37. The van der Waals surface area contributed by atoms with E-state index in [0.29, 0.717) is 11.7 Å². The number of nitrogens with one attached hydrogen (secondary N) is 4. The molecule has 5 rings (SSSR count). The highest BCUT2D eigenvalue weighted by Gasteiger charge is 2.21. The number of anilines is 1. The van der Waals surface area contributed by atoms with E-state index in [1.165, 1.54) is 34.0 Å². The first-order valence-electron chi connectivity index (χ1n) is 10.1. The van der Waals surface area contributed by atoms with Gasteiger partial charge in [-0.1, -0.05) is 36.4 Å². The number of hydrogen-bond donors (Lipinski definition) is 4. The van der Waals surface area contributed by atoms with E-state index >= 15 is 0 Å². The summed E-state index contributed by atoms with van der Waals surface area (Å²) in [6, 6.07) is 22.8. The summed E-state index contributed by atoms with van der Waals surface area (Å²) in [5, 5.41) is 9.36. The van der Waals surface area contributed by atoms with Crippen LogP contribution in [0, 0.1) is 5.82 Å². The molecular formula is C25H21FN4S. The highest BCUT2D eigenvalue weighted by molar-refractivity contribution is 7.80. The Kier molecular flexibility index (Phi) is 5.14. The smallest absolute Gasteiger partial charge is 0.170 e. The molecule has 0 aliphatic carbocycles. The van der Waals surface area contributed by atoms with Crippen molar-refractivity contribution in [1.82, 2.24) is 15.3 Å². The molecule has 0 atom stereocenters. The molecule has 0 aliphatic rings. The summed E-state index contributed by atoms with van der Waals surface area (Å²) in [4.78, 5) is 6.78. The lowest BCUT2D eigenvalue weighted by Gasteiger charge is -2.19. The fraction of sp³-hybridized carbons (Fsp3) is 0.0800. The van der Waals surface area contributed by atoms with Gasteiger partial charge in [0.2, 0.25) is 0 Å².